The van der Waals surface area contributed by atoms with Crippen LogP contribution in [0.4, 0.5) is 0 Å². The summed E-state index contributed by atoms with van der Waals surface area (Å²) in [7, 11) is 6.18. The van der Waals surface area contributed by atoms with Crippen molar-refractivity contribution < 1.29 is 9.84 Å². The SMILES string of the molecule is COc1ccc(CN2CN(CC3CCC3)[C@]3(CC[C@@](c4ccc(O)cc4)(N(C)C)CC3)C2)cc1. The van der Waals surface area contributed by atoms with Crippen molar-refractivity contribution in [3.63, 3.8) is 0 Å². The summed E-state index contributed by atoms with van der Waals surface area (Å²) in [5, 5.41) is 9.84. The summed E-state index contributed by atoms with van der Waals surface area (Å²) in [5.41, 5.74) is 3.02. The molecule has 1 spiro atoms. The number of methoxy groups -OCH3 is 1. The summed E-state index contributed by atoms with van der Waals surface area (Å²) < 4.78 is 5.35. The summed E-state index contributed by atoms with van der Waals surface area (Å²) >= 11 is 0. The first-order valence-corrected chi connectivity index (χ1v) is 13.0. The first kappa shape index (κ1) is 23.7. The number of aromatic hydroxyl groups is 1. The minimum absolute atomic E-state index is 0.0461. The van der Waals surface area contributed by atoms with Crippen molar-refractivity contribution >= 4 is 0 Å². The molecule has 1 aliphatic heterocycles. The van der Waals surface area contributed by atoms with Gasteiger partial charge in [0.1, 0.15) is 11.5 Å². The Hall–Kier alpha value is -2.08. The fourth-order valence-corrected chi connectivity index (χ4v) is 6.66. The molecule has 0 bridgehead atoms. The van der Waals surface area contributed by atoms with Gasteiger partial charge in [-0.25, -0.2) is 0 Å². The molecule has 0 atom stereocenters. The van der Waals surface area contributed by atoms with E-state index in [-0.39, 0.29) is 11.1 Å². The van der Waals surface area contributed by atoms with Gasteiger partial charge < -0.3 is 9.84 Å². The number of phenols is 1. The van der Waals surface area contributed by atoms with E-state index >= 15 is 0 Å². The second kappa shape index (κ2) is 9.52. The lowest BCUT2D eigenvalue weighted by molar-refractivity contribution is 0.00462. The van der Waals surface area contributed by atoms with Gasteiger partial charge in [-0.15, -0.1) is 0 Å². The second-order valence-corrected chi connectivity index (χ2v) is 11.2. The molecule has 0 aromatic heterocycles. The van der Waals surface area contributed by atoms with E-state index in [0.717, 1.165) is 44.3 Å². The standard InChI is InChI=1S/C29H41N3O2/c1-30(2)29(25-9-11-26(33)12-10-25)17-15-28(16-18-29)21-31(22-32(28)20-23-5-4-6-23)19-24-7-13-27(34-3)14-8-24/h7-14,23,33H,4-6,15-22H2,1-3H3/t28-,29+. The highest BCUT2D eigenvalue weighted by atomic mass is 16.5. The monoisotopic (exact) mass is 463 g/mol. The van der Waals surface area contributed by atoms with E-state index in [4.69, 9.17) is 4.74 Å². The van der Waals surface area contributed by atoms with Crippen molar-refractivity contribution in [2.24, 2.45) is 5.92 Å². The number of ether oxygens (including phenoxy) is 1. The number of benzene rings is 2. The smallest absolute Gasteiger partial charge is 0.118 e. The van der Waals surface area contributed by atoms with Gasteiger partial charge in [0.25, 0.3) is 0 Å². The molecule has 1 heterocycles. The lowest BCUT2D eigenvalue weighted by Gasteiger charge is -2.52. The molecule has 3 aliphatic rings. The summed E-state index contributed by atoms with van der Waals surface area (Å²) in [5.74, 6) is 2.16. The Morgan fingerprint density at radius 2 is 1.65 bits per heavy atom. The molecule has 184 valence electrons. The van der Waals surface area contributed by atoms with Crippen LogP contribution in [-0.4, -0.2) is 66.3 Å². The molecule has 3 fully saturated rings. The maximum absolute atomic E-state index is 9.84. The van der Waals surface area contributed by atoms with E-state index in [2.05, 4.69) is 65.2 Å². The van der Waals surface area contributed by atoms with E-state index in [1.54, 1.807) is 7.11 Å². The molecule has 1 N–H and O–H groups in total. The topological polar surface area (TPSA) is 39.2 Å². The average molecular weight is 464 g/mol. The van der Waals surface area contributed by atoms with E-state index < -0.39 is 0 Å². The Bertz CT molecular complexity index is 944. The first-order valence-electron chi connectivity index (χ1n) is 13.0. The highest BCUT2D eigenvalue weighted by Crippen LogP contribution is 2.49. The molecule has 2 saturated carbocycles. The first-order chi connectivity index (χ1) is 16.4. The fraction of sp³-hybridized carbons (Fsp3) is 0.586. The minimum Gasteiger partial charge on any atom is -0.508 e. The Labute approximate surface area is 205 Å². The minimum atomic E-state index is 0.0461. The Balaban J connectivity index is 1.34. The maximum atomic E-state index is 9.84. The van der Waals surface area contributed by atoms with Crippen LogP contribution in [0.2, 0.25) is 0 Å². The number of rotatable bonds is 7. The van der Waals surface area contributed by atoms with Crippen molar-refractivity contribution in [2.45, 2.75) is 62.6 Å². The molecule has 5 nitrogen and oxygen atoms in total. The van der Waals surface area contributed by atoms with Gasteiger partial charge >= 0.3 is 0 Å². The molecular formula is C29H41N3O2. The molecule has 5 heteroatoms. The number of nitrogens with zero attached hydrogens (tertiary/aromatic N) is 3. The predicted octanol–water partition coefficient (Wildman–Crippen LogP) is 5.05. The van der Waals surface area contributed by atoms with Crippen molar-refractivity contribution in [2.75, 3.05) is 41.0 Å². The number of hydrogen-bond acceptors (Lipinski definition) is 5. The average Bonchev–Trinajstić information content (AvgIpc) is 3.14. The van der Waals surface area contributed by atoms with Crippen LogP contribution >= 0.6 is 0 Å². The van der Waals surface area contributed by atoms with Crippen molar-refractivity contribution in [3.05, 3.63) is 59.7 Å². The predicted molar refractivity (Wildman–Crippen MR) is 137 cm³/mol. The third-order valence-corrected chi connectivity index (χ3v) is 9.10. The van der Waals surface area contributed by atoms with Crippen LogP contribution in [0.1, 0.15) is 56.1 Å². The zero-order valence-corrected chi connectivity index (χ0v) is 21.2. The van der Waals surface area contributed by atoms with Gasteiger partial charge in [0.15, 0.2) is 0 Å². The molecule has 2 aliphatic carbocycles. The van der Waals surface area contributed by atoms with Gasteiger partial charge in [-0.3, -0.25) is 14.7 Å². The van der Waals surface area contributed by atoms with Gasteiger partial charge in [0.2, 0.25) is 0 Å². The summed E-state index contributed by atoms with van der Waals surface area (Å²) in [4.78, 5) is 7.95. The highest BCUT2D eigenvalue weighted by Gasteiger charge is 2.51. The largest absolute Gasteiger partial charge is 0.508 e. The Morgan fingerprint density at radius 1 is 0.971 bits per heavy atom. The van der Waals surface area contributed by atoms with Crippen molar-refractivity contribution in [1.29, 1.82) is 0 Å². The molecule has 0 unspecified atom stereocenters. The van der Waals surface area contributed by atoms with Gasteiger partial charge in [0, 0.05) is 30.7 Å². The zero-order valence-electron chi connectivity index (χ0n) is 21.2. The molecule has 2 aromatic rings. The van der Waals surface area contributed by atoms with E-state index in [9.17, 15) is 5.11 Å². The van der Waals surface area contributed by atoms with Crippen LogP contribution in [0.5, 0.6) is 11.5 Å². The Kier molecular flexibility index (Phi) is 6.62. The summed E-state index contributed by atoms with van der Waals surface area (Å²) in [6.45, 7) is 4.50. The maximum Gasteiger partial charge on any atom is 0.118 e. The van der Waals surface area contributed by atoms with Crippen molar-refractivity contribution in [3.8, 4) is 11.5 Å². The van der Waals surface area contributed by atoms with E-state index in [1.165, 1.54) is 49.8 Å². The normalized spacial score (nSPS) is 28.5. The van der Waals surface area contributed by atoms with Crippen LogP contribution in [0.15, 0.2) is 48.5 Å². The summed E-state index contributed by atoms with van der Waals surface area (Å²) in [6, 6.07) is 16.5. The van der Waals surface area contributed by atoms with Crippen LogP contribution in [-0.2, 0) is 12.1 Å². The molecule has 34 heavy (non-hydrogen) atoms. The van der Waals surface area contributed by atoms with Gasteiger partial charge in [-0.2, -0.15) is 0 Å². The fourth-order valence-electron chi connectivity index (χ4n) is 6.66. The van der Waals surface area contributed by atoms with Crippen LogP contribution < -0.4 is 4.74 Å². The van der Waals surface area contributed by atoms with Gasteiger partial charge in [0.05, 0.1) is 13.8 Å². The third kappa shape index (κ3) is 4.46. The molecule has 5 rings (SSSR count). The quantitative estimate of drug-likeness (QED) is 0.622. The van der Waals surface area contributed by atoms with Gasteiger partial charge in [-0.1, -0.05) is 30.7 Å². The number of phenolic OH excluding ortho intramolecular Hbond substituents is 1. The van der Waals surface area contributed by atoms with Gasteiger partial charge in [-0.05, 0) is 93.9 Å². The van der Waals surface area contributed by atoms with Crippen molar-refractivity contribution in [1.82, 2.24) is 14.7 Å². The lowest BCUT2D eigenvalue weighted by Crippen LogP contribution is -2.56. The highest BCUT2D eigenvalue weighted by molar-refractivity contribution is 5.32. The molecule has 2 aromatic carbocycles. The summed E-state index contributed by atoms with van der Waals surface area (Å²) in [6.07, 6.45) is 8.96. The third-order valence-electron chi connectivity index (χ3n) is 9.10. The number of hydrogen-bond donors (Lipinski definition) is 1. The van der Waals surface area contributed by atoms with E-state index in [1.807, 2.05) is 12.1 Å². The van der Waals surface area contributed by atoms with Crippen LogP contribution in [0, 0.1) is 5.92 Å². The van der Waals surface area contributed by atoms with E-state index in [0.29, 0.717) is 5.75 Å². The molecule has 1 saturated heterocycles. The van der Waals surface area contributed by atoms with Crippen LogP contribution in [0.3, 0.4) is 0 Å². The molecule has 0 radical (unpaired) electrons. The molecular weight excluding hydrogens is 422 g/mol. The Morgan fingerprint density at radius 3 is 2.21 bits per heavy atom. The lowest BCUT2D eigenvalue weighted by atomic mass is 9.68. The second-order valence-electron chi connectivity index (χ2n) is 11.2. The van der Waals surface area contributed by atoms with Crippen LogP contribution in [0.25, 0.3) is 0 Å². The molecule has 0 amide bonds. The zero-order chi connectivity index (χ0) is 23.8.